The molecule has 0 aromatic carbocycles. The number of nitrogens with one attached hydrogen (secondary N) is 2. The number of carbonyl (C=O) groups is 1. The van der Waals surface area contributed by atoms with Crippen molar-refractivity contribution in [2.75, 3.05) is 11.9 Å². The lowest BCUT2D eigenvalue weighted by molar-refractivity contribution is 0.252. The van der Waals surface area contributed by atoms with Gasteiger partial charge >= 0.3 is 6.03 Å². The highest BCUT2D eigenvalue weighted by molar-refractivity contribution is 6.32. The molecule has 0 atom stereocenters. The normalized spacial score (nSPS) is 14.7. The van der Waals surface area contributed by atoms with Crippen molar-refractivity contribution in [2.24, 2.45) is 0 Å². The van der Waals surface area contributed by atoms with Gasteiger partial charge in [0.25, 0.3) is 0 Å². The van der Waals surface area contributed by atoms with Gasteiger partial charge in [-0.25, -0.2) is 9.78 Å². The number of allylic oxidation sites excluding steroid dienone is 1. The number of hydrogen-bond acceptors (Lipinski definition) is 2. The summed E-state index contributed by atoms with van der Waals surface area (Å²) < 4.78 is 0. The summed E-state index contributed by atoms with van der Waals surface area (Å²) in [6, 6.07) is 3.21. The molecule has 2 rings (SSSR count). The summed E-state index contributed by atoms with van der Waals surface area (Å²) in [6.45, 7) is 0.648. The smallest absolute Gasteiger partial charge is 0.319 e. The van der Waals surface area contributed by atoms with Gasteiger partial charge in [0.15, 0.2) is 5.15 Å². The quantitative estimate of drug-likeness (QED) is 0.651. The fourth-order valence-corrected chi connectivity index (χ4v) is 2.28. The average Bonchev–Trinajstić information content (AvgIpc) is 2.43. The Morgan fingerprint density at radius 1 is 1.42 bits per heavy atom. The van der Waals surface area contributed by atoms with Crippen LogP contribution in [0.2, 0.25) is 5.15 Å². The van der Waals surface area contributed by atoms with Crippen LogP contribution in [0.15, 0.2) is 30.0 Å². The number of rotatable bonds is 4. The zero-order chi connectivity index (χ0) is 13.5. The van der Waals surface area contributed by atoms with Crippen molar-refractivity contribution in [3.63, 3.8) is 0 Å². The van der Waals surface area contributed by atoms with Crippen molar-refractivity contribution in [1.82, 2.24) is 10.3 Å². The van der Waals surface area contributed by atoms with Crippen LogP contribution in [0.3, 0.4) is 0 Å². The van der Waals surface area contributed by atoms with Gasteiger partial charge in [0, 0.05) is 12.7 Å². The second kappa shape index (κ2) is 7.14. The third kappa shape index (κ3) is 4.56. The first kappa shape index (κ1) is 13.9. The first-order chi connectivity index (χ1) is 9.25. The van der Waals surface area contributed by atoms with E-state index in [1.165, 1.54) is 24.8 Å². The van der Waals surface area contributed by atoms with Crippen molar-refractivity contribution in [2.45, 2.75) is 32.1 Å². The molecular formula is C14H18ClN3O. The number of amides is 2. The first-order valence-electron chi connectivity index (χ1n) is 6.59. The molecule has 0 saturated heterocycles. The second-order valence-electron chi connectivity index (χ2n) is 4.58. The maximum Gasteiger partial charge on any atom is 0.319 e. The van der Waals surface area contributed by atoms with E-state index in [-0.39, 0.29) is 6.03 Å². The monoisotopic (exact) mass is 279 g/mol. The van der Waals surface area contributed by atoms with E-state index in [0.29, 0.717) is 17.4 Å². The Balaban J connectivity index is 1.73. The van der Waals surface area contributed by atoms with Crippen molar-refractivity contribution < 1.29 is 4.79 Å². The Hall–Kier alpha value is -1.55. The molecule has 1 heterocycles. The van der Waals surface area contributed by atoms with E-state index in [2.05, 4.69) is 21.7 Å². The zero-order valence-electron chi connectivity index (χ0n) is 10.8. The van der Waals surface area contributed by atoms with Gasteiger partial charge in [0.05, 0.1) is 5.69 Å². The first-order valence-corrected chi connectivity index (χ1v) is 6.97. The van der Waals surface area contributed by atoms with Crippen LogP contribution in [-0.4, -0.2) is 17.6 Å². The number of hydrogen-bond donors (Lipinski definition) is 2. The number of halogens is 1. The molecule has 5 heteroatoms. The molecule has 1 aliphatic carbocycles. The van der Waals surface area contributed by atoms with Crippen LogP contribution >= 0.6 is 11.6 Å². The van der Waals surface area contributed by atoms with Gasteiger partial charge in [-0.3, -0.25) is 0 Å². The minimum absolute atomic E-state index is 0.244. The number of pyridine rings is 1. The third-order valence-corrected chi connectivity index (χ3v) is 3.43. The minimum Gasteiger partial charge on any atom is -0.338 e. The summed E-state index contributed by atoms with van der Waals surface area (Å²) in [6.07, 6.45) is 9.70. The minimum atomic E-state index is -0.244. The maximum absolute atomic E-state index is 11.7. The van der Waals surface area contributed by atoms with Crippen LogP contribution in [0.1, 0.15) is 32.1 Å². The standard InChI is InChI=1S/C14H18ClN3O/c15-13-12(7-4-9-16-13)18-14(19)17-10-8-11-5-2-1-3-6-11/h4-5,7,9H,1-3,6,8,10H2,(H2,17,18,19). The summed E-state index contributed by atoms with van der Waals surface area (Å²) in [5, 5.41) is 5.81. The number of aromatic nitrogens is 1. The summed E-state index contributed by atoms with van der Waals surface area (Å²) in [5.74, 6) is 0. The van der Waals surface area contributed by atoms with Crippen molar-refractivity contribution >= 4 is 23.3 Å². The molecule has 0 spiro atoms. The SMILES string of the molecule is O=C(NCCC1=CCCCC1)Nc1cccnc1Cl. The van der Waals surface area contributed by atoms with Crippen LogP contribution in [0.5, 0.6) is 0 Å². The Bertz CT molecular complexity index is 474. The van der Waals surface area contributed by atoms with E-state index in [1.54, 1.807) is 18.3 Å². The number of nitrogens with zero attached hydrogens (tertiary/aromatic N) is 1. The van der Waals surface area contributed by atoms with Crippen molar-refractivity contribution in [1.29, 1.82) is 0 Å². The molecule has 0 bridgehead atoms. The molecule has 0 fully saturated rings. The van der Waals surface area contributed by atoms with E-state index in [1.807, 2.05) is 0 Å². The van der Waals surface area contributed by atoms with Crippen molar-refractivity contribution in [3.05, 3.63) is 35.1 Å². The summed E-state index contributed by atoms with van der Waals surface area (Å²) in [4.78, 5) is 15.6. The van der Waals surface area contributed by atoms with Crippen LogP contribution in [0, 0.1) is 0 Å². The molecular weight excluding hydrogens is 262 g/mol. The van der Waals surface area contributed by atoms with Crippen molar-refractivity contribution in [3.8, 4) is 0 Å². The van der Waals surface area contributed by atoms with Gasteiger partial charge in [-0.2, -0.15) is 0 Å². The van der Waals surface area contributed by atoms with Crippen LogP contribution in [0.25, 0.3) is 0 Å². The molecule has 0 radical (unpaired) electrons. The van der Waals surface area contributed by atoms with Gasteiger partial charge in [-0.05, 0) is 44.2 Å². The average molecular weight is 280 g/mol. The molecule has 0 unspecified atom stereocenters. The maximum atomic E-state index is 11.7. The molecule has 1 aromatic heterocycles. The highest BCUT2D eigenvalue weighted by Gasteiger charge is 2.07. The van der Waals surface area contributed by atoms with Crippen LogP contribution in [-0.2, 0) is 0 Å². The van der Waals surface area contributed by atoms with E-state index >= 15 is 0 Å². The van der Waals surface area contributed by atoms with E-state index in [4.69, 9.17) is 11.6 Å². The molecule has 2 N–H and O–H groups in total. The molecule has 0 aliphatic heterocycles. The zero-order valence-corrected chi connectivity index (χ0v) is 11.5. The van der Waals surface area contributed by atoms with Crippen LogP contribution < -0.4 is 10.6 Å². The molecule has 1 aliphatic rings. The molecule has 19 heavy (non-hydrogen) atoms. The highest BCUT2D eigenvalue weighted by Crippen LogP contribution is 2.19. The Kier molecular flexibility index (Phi) is 5.21. The molecule has 102 valence electrons. The summed E-state index contributed by atoms with van der Waals surface area (Å²) in [5.41, 5.74) is 1.98. The molecule has 1 aromatic rings. The van der Waals surface area contributed by atoms with Gasteiger partial charge in [-0.1, -0.05) is 23.3 Å². The highest BCUT2D eigenvalue weighted by atomic mass is 35.5. The second-order valence-corrected chi connectivity index (χ2v) is 4.94. The van der Waals surface area contributed by atoms with E-state index in [9.17, 15) is 4.79 Å². The summed E-state index contributed by atoms with van der Waals surface area (Å²) in [7, 11) is 0. The van der Waals surface area contributed by atoms with Gasteiger partial charge in [0.1, 0.15) is 0 Å². The van der Waals surface area contributed by atoms with E-state index < -0.39 is 0 Å². The third-order valence-electron chi connectivity index (χ3n) is 3.12. The van der Waals surface area contributed by atoms with Gasteiger partial charge in [0.2, 0.25) is 0 Å². The van der Waals surface area contributed by atoms with Crippen LogP contribution in [0.4, 0.5) is 10.5 Å². The van der Waals surface area contributed by atoms with Gasteiger partial charge in [-0.15, -0.1) is 0 Å². The number of carbonyl (C=O) groups excluding carboxylic acids is 1. The fraction of sp³-hybridized carbons (Fsp3) is 0.429. The molecule has 0 saturated carbocycles. The Morgan fingerprint density at radius 2 is 2.32 bits per heavy atom. The topological polar surface area (TPSA) is 54.0 Å². The Morgan fingerprint density at radius 3 is 3.05 bits per heavy atom. The Labute approximate surface area is 118 Å². The van der Waals surface area contributed by atoms with Gasteiger partial charge < -0.3 is 10.6 Å². The largest absolute Gasteiger partial charge is 0.338 e. The van der Waals surface area contributed by atoms with E-state index in [0.717, 1.165) is 12.8 Å². The lowest BCUT2D eigenvalue weighted by atomic mass is 9.97. The number of urea groups is 1. The summed E-state index contributed by atoms with van der Waals surface area (Å²) >= 11 is 5.86. The molecule has 2 amide bonds. The molecule has 4 nitrogen and oxygen atoms in total. The predicted molar refractivity (Wildman–Crippen MR) is 77.4 cm³/mol. The lowest BCUT2D eigenvalue weighted by Crippen LogP contribution is -2.30. The predicted octanol–water partition coefficient (Wildman–Crippen LogP) is 3.75. The fourth-order valence-electron chi connectivity index (χ4n) is 2.11. The lowest BCUT2D eigenvalue weighted by Gasteiger charge is -2.13. The number of anilines is 1.